The molecule has 0 aliphatic rings. The van der Waals surface area contributed by atoms with Gasteiger partial charge >= 0.3 is 0 Å². The van der Waals surface area contributed by atoms with Crippen LogP contribution in [0.15, 0.2) is 33.6 Å². The highest BCUT2D eigenvalue weighted by Crippen LogP contribution is 2.16. The Labute approximate surface area is 104 Å². The zero-order valence-electron chi connectivity index (χ0n) is 9.53. The second-order valence-corrected chi connectivity index (χ2v) is 5.08. The Hall–Kier alpha value is -1.93. The molecule has 0 saturated heterocycles. The van der Waals surface area contributed by atoms with E-state index in [2.05, 4.69) is 10.2 Å². The maximum absolute atomic E-state index is 11.0. The van der Waals surface area contributed by atoms with Crippen molar-refractivity contribution in [2.24, 2.45) is 5.14 Å². The first-order valence-corrected chi connectivity index (χ1v) is 6.54. The second kappa shape index (κ2) is 4.75. The highest BCUT2D eigenvalue weighted by atomic mass is 32.2. The van der Waals surface area contributed by atoms with Crippen LogP contribution in [0.3, 0.4) is 0 Å². The molecule has 0 fully saturated rings. The van der Waals surface area contributed by atoms with Gasteiger partial charge in [0.1, 0.15) is 5.75 Å². The van der Waals surface area contributed by atoms with Gasteiger partial charge in [0.05, 0.1) is 4.90 Å². The number of aryl methyl sites for hydroxylation is 1. The van der Waals surface area contributed by atoms with Crippen LogP contribution >= 0.6 is 0 Å². The number of aromatic nitrogens is 2. The van der Waals surface area contributed by atoms with Gasteiger partial charge in [-0.25, -0.2) is 13.6 Å². The highest BCUT2D eigenvalue weighted by Gasteiger charge is 2.08. The summed E-state index contributed by atoms with van der Waals surface area (Å²) in [6.45, 7) is 1.80. The zero-order chi connectivity index (χ0) is 13.2. The molecule has 1 aromatic carbocycles. The van der Waals surface area contributed by atoms with E-state index in [1.807, 2.05) is 0 Å². The first-order chi connectivity index (χ1) is 8.45. The number of hydrogen-bond donors (Lipinski definition) is 1. The van der Waals surface area contributed by atoms with Crippen molar-refractivity contribution in [3.63, 3.8) is 0 Å². The third-order valence-corrected chi connectivity index (χ3v) is 3.01. The van der Waals surface area contributed by atoms with Gasteiger partial charge in [-0.15, -0.1) is 10.2 Å². The van der Waals surface area contributed by atoms with Gasteiger partial charge in [-0.2, -0.15) is 0 Å². The highest BCUT2D eigenvalue weighted by molar-refractivity contribution is 7.89. The molecule has 96 valence electrons. The number of rotatable bonds is 4. The van der Waals surface area contributed by atoms with Gasteiger partial charge in [0.25, 0.3) is 5.89 Å². The number of benzene rings is 1. The SMILES string of the molecule is Cc1nnc(COc2ccc(S(N)(=O)=O)cc2)o1. The summed E-state index contributed by atoms with van der Waals surface area (Å²) in [7, 11) is -3.68. The molecular weight excluding hydrogens is 258 g/mol. The van der Waals surface area contributed by atoms with Crippen LogP contribution in [-0.4, -0.2) is 18.6 Å². The van der Waals surface area contributed by atoms with Crippen LogP contribution in [0.25, 0.3) is 0 Å². The van der Waals surface area contributed by atoms with Crippen molar-refractivity contribution in [3.8, 4) is 5.75 Å². The molecule has 1 aromatic heterocycles. The summed E-state index contributed by atoms with van der Waals surface area (Å²) < 4.78 is 32.5. The average molecular weight is 269 g/mol. The summed E-state index contributed by atoms with van der Waals surface area (Å²) >= 11 is 0. The number of sulfonamides is 1. The summed E-state index contributed by atoms with van der Waals surface area (Å²) in [5.41, 5.74) is 0. The quantitative estimate of drug-likeness (QED) is 0.870. The van der Waals surface area contributed by atoms with E-state index in [-0.39, 0.29) is 11.5 Å². The fraction of sp³-hybridized carbons (Fsp3) is 0.200. The Morgan fingerprint density at radius 1 is 1.28 bits per heavy atom. The number of ether oxygens (including phenoxy) is 1. The summed E-state index contributed by atoms with van der Waals surface area (Å²) in [6.07, 6.45) is 0. The molecule has 1 heterocycles. The molecule has 2 aromatic rings. The van der Waals surface area contributed by atoms with E-state index >= 15 is 0 Å². The minimum atomic E-state index is -3.68. The lowest BCUT2D eigenvalue weighted by atomic mass is 10.3. The lowest BCUT2D eigenvalue weighted by Gasteiger charge is -2.03. The predicted octanol–water partition coefficient (Wildman–Crippen LogP) is 0.604. The Kier molecular flexibility index (Phi) is 3.30. The van der Waals surface area contributed by atoms with Crippen molar-refractivity contribution >= 4 is 10.0 Å². The van der Waals surface area contributed by atoms with Gasteiger partial charge in [0.2, 0.25) is 15.9 Å². The van der Waals surface area contributed by atoms with Gasteiger partial charge in [0.15, 0.2) is 6.61 Å². The molecule has 2 N–H and O–H groups in total. The molecule has 0 spiro atoms. The lowest BCUT2D eigenvalue weighted by molar-refractivity contribution is 0.260. The molecule has 0 atom stereocenters. The van der Waals surface area contributed by atoms with Crippen LogP contribution in [0.2, 0.25) is 0 Å². The van der Waals surface area contributed by atoms with E-state index in [1.54, 1.807) is 6.92 Å². The Morgan fingerprint density at radius 3 is 2.44 bits per heavy atom. The van der Waals surface area contributed by atoms with Crippen molar-refractivity contribution in [1.29, 1.82) is 0 Å². The maximum atomic E-state index is 11.0. The van der Waals surface area contributed by atoms with Crippen molar-refractivity contribution < 1.29 is 17.6 Å². The summed E-state index contributed by atoms with van der Waals surface area (Å²) in [5.74, 6) is 1.29. The van der Waals surface area contributed by atoms with Gasteiger partial charge in [-0.3, -0.25) is 0 Å². The van der Waals surface area contributed by atoms with Gasteiger partial charge in [-0.05, 0) is 24.3 Å². The number of nitrogens with two attached hydrogens (primary N) is 1. The Bertz CT molecular complexity index is 633. The van der Waals surface area contributed by atoms with Crippen molar-refractivity contribution in [3.05, 3.63) is 36.0 Å². The fourth-order valence-corrected chi connectivity index (χ4v) is 1.78. The van der Waals surface area contributed by atoms with Gasteiger partial charge in [-0.1, -0.05) is 0 Å². The van der Waals surface area contributed by atoms with Crippen LogP contribution in [-0.2, 0) is 16.6 Å². The Morgan fingerprint density at radius 2 is 1.94 bits per heavy atom. The largest absolute Gasteiger partial charge is 0.484 e. The number of nitrogens with zero attached hydrogens (tertiary/aromatic N) is 2. The first-order valence-electron chi connectivity index (χ1n) is 5.00. The molecule has 0 amide bonds. The van der Waals surface area contributed by atoms with Crippen LogP contribution < -0.4 is 9.88 Å². The molecule has 7 nitrogen and oxygen atoms in total. The molecule has 2 rings (SSSR count). The van der Waals surface area contributed by atoms with Crippen LogP contribution in [0.1, 0.15) is 11.8 Å². The normalized spacial score (nSPS) is 11.4. The summed E-state index contributed by atoms with van der Waals surface area (Å²) in [5, 5.41) is 12.4. The summed E-state index contributed by atoms with van der Waals surface area (Å²) in [6, 6.07) is 5.74. The van der Waals surface area contributed by atoms with E-state index < -0.39 is 10.0 Å². The zero-order valence-corrected chi connectivity index (χ0v) is 10.3. The number of primary sulfonamides is 1. The summed E-state index contributed by atoms with van der Waals surface area (Å²) in [4.78, 5) is 0.0310. The lowest BCUT2D eigenvalue weighted by Crippen LogP contribution is -2.11. The third kappa shape index (κ3) is 3.05. The average Bonchev–Trinajstić information content (AvgIpc) is 2.72. The Balaban J connectivity index is 2.03. The van der Waals surface area contributed by atoms with Crippen LogP contribution in [0, 0.1) is 6.92 Å². The standard InChI is InChI=1S/C10H11N3O4S/c1-7-12-13-10(17-7)6-16-8-2-4-9(5-3-8)18(11,14)15/h2-5H,6H2,1H3,(H2,11,14,15). The second-order valence-electron chi connectivity index (χ2n) is 3.52. The predicted molar refractivity (Wildman–Crippen MR) is 61.2 cm³/mol. The van der Waals surface area contributed by atoms with Crippen molar-refractivity contribution in [2.45, 2.75) is 18.4 Å². The van der Waals surface area contributed by atoms with Gasteiger partial charge < -0.3 is 9.15 Å². The van der Waals surface area contributed by atoms with E-state index in [0.29, 0.717) is 17.5 Å². The van der Waals surface area contributed by atoms with E-state index in [9.17, 15) is 8.42 Å². The van der Waals surface area contributed by atoms with E-state index in [4.69, 9.17) is 14.3 Å². The van der Waals surface area contributed by atoms with Crippen molar-refractivity contribution in [2.75, 3.05) is 0 Å². The topological polar surface area (TPSA) is 108 Å². The monoisotopic (exact) mass is 269 g/mol. The molecule has 18 heavy (non-hydrogen) atoms. The smallest absolute Gasteiger partial charge is 0.253 e. The molecule has 0 unspecified atom stereocenters. The van der Waals surface area contributed by atoms with E-state index in [1.165, 1.54) is 24.3 Å². The van der Waals surface area contributed by atoms with Gasteiger partial charge in [0, 0.05) is 6.92 Å². The first kappa shape index (κ1) is 12.5. The molecule has 0 bridgehead atoms. The molecule has 0 radical (unpaired) electrons. The molecule has 8 heteroatoms. The number of hydrogen-bond acceptors (Lipinski definition) is 6. The van der Waals surface area contributed by atoms with E-state index in [0.717, 1.165) is 0 Å². The maximum Gasteiger partial charge on any atom is 0.253 e. The van der Waals surface area contributed by atoms with Crippen LogP contribution in [0.5, 0.6) is 5.75 Å². The molecule has 0 saturated carbocycles. The minimum absolute atomic E-state index is 0.0310. The van der Waals surface area contributed by atoms with Crippen LogP contribution in [0.4, 0.5) is 0 Å². The third-order valence-electron chi connectivity index (χ3n) is 2.08. The minimum Gasteiger partial charge on any atom is -0.484 e. The molecular formula is C10H11N3O4S. The van der Waals surface area contributed by atoms with Crippen molar-refractivity contribution in [1.82, 2.24) is 10.2 Å². The molecule has 0 aliphatic heterocycles. The molecule has 0 aliphatic carbocycles. The fourth-order valence-electron chi connectivity index (χ4n) is 1.27.